The van der Waals surface area contributed by atoms with E-state index >= 15 is 0 Å². The fourth-order valence-corrected chi connectivity index (χ4v) is 5.04. The number of aryl methyl sites for hydroxylation is 2. The van der Waals surface area contributed by atoms with Crippen LogP contribution in [0.5, 0.6) is 5.75 Å². The largest absolute Gasteiger partial charge is 0.496 e. The number of imidazole rings is 1. The van der Waals surface area contributed by atoms with Crippen LogP contribution in [0.15, 0.2) is 66.9 Å². The van der Waals surface area contributed by atoms with E-state index in [2.05, 4.69) is 4.98 Å². The smallest absolute Gasteiger partial charge is 0.339 e. The molecule has 0 fully saturated rings. The van der Waals surface area contributed by atoms with E-state index in [9.17, 15) is 24.6 Å². The van der Waals surface area contributed by atoms with Gasteiger partial charge in [-0.15, -0.1) is 0 Å². The molecular formula is C32H34N4O6. The highest BCUT2D eigenvalue weighted by molar-refractivity contribution is 5.91. The first-order valence-electron chi connectivity index (χ1n) is 13.4. The van der Waals surface area contributed by atoms with Crippen molar-refractivity contribution in [2.24, 2.45) is 5.73 Å². The number of H-pyrrole nitrogens is 1. The summed E-state index contributed by atoms with van der Waals surface area (Å²) in [5, 5.41) is 19.1. The molecular weight excluding hydrogens is 536 g/mol. The van der Waals surface area contributed by atoms with Crippen molar-refractivity contribution in [1.82, 2.24) is 14.9 Å². The molecule has 0 bridgehead atoms. The summed E-state index contributed by atoms with van der Waals surface area (Å²) in [7, 11) is 1.40. The first-order valence-corrected chi connectivity index (χ1v) is 13.4. The quantitative estimate of drug-likeness (QED) is 0.201. The van der Waals surface area contributed by atoms with Crippen LogP contribution in [0, 0.1) is 13.8 Å². The number of aromatic amines is 1. The van der Waals surface area contributed by atoms with Crippen molar-refractivity contribution in [2.75, 3.05) is 7.11 Å². The number of hydrogen-bond donors (Lipinski definition) is 4. The summed E-state index contributed by atoms with van der Waals surface area (Å²) < 4.78 is 5.19. The van der Waals surface area contributed by atoms with Crippen LogP contribution in [0.1, 0.15) is 61.8 Å². The van der Waals surface area contributed by atoms with E-state index in [0.29, 0.717) is 11.4 Å². The molecule has 218 valence electrons. The zero-order valence-corrected chi connectivity index (χ0v) is 23.9. The number of carboxylic acid groups (broad SMARTS) is 2. The highest BCUT2D eigenvalue weighted by Crippen LogP contribution is 2.28. The van der Waals surface area contributed by atoms with Gasteiger partial charge >= 0.3 is 11.9 Å². The van der Waals surface area contributed by atoms with E-state index in [1.54, 1.807) is 49.2 Å². The maximum absolute atomic E-state index is 14.0. The van der Waals surface area contributed by atoms with Gasteiger partial charge in [0.25, 0.3) is 0 Å². The lowest BCUT2D eigenvalue weighted by Crippen LogP contribution is -2.46. The molecule has 1 aromatic heterocycles. The number of nitrogens with two attached hydrogens (primary N) is 1. The Labute approximate surface area is 243 Å². The Hall–Kier alpha value is -4.96. The van der Waals surface area contributed by atoms with E-state index in [1.807, 2.05) is 37.3 Å². The van der Waals surface area contributed by atoms with Gasteiger partial charge in [-0.25, -0.2) is 14.6 Å². The molecule has 1 heterocycles. The molecule has 4 rings (SSSR count). The molecule has 10 nitrogen and oxygen atoms in total. The normalized spacial score (nSPS) is 12.4. The van der Waals surface area contributed by atoms with Crippen molar-refractivity contribution in [3.05, 3.63) is 106 Å². The molecule has 4 aromatic rings. The molecule has 42 heavy (non-hydrogen) atoms. The van der Waals surface area contributed by atoms with Crippen molar-refractivity contribution in [1.29, 1.82) is 0 Å². The zero-order chi connectivity index (χ0) is 30.6. The molecule has 0 radical (unpaired) electrons. The van der Waals surface area contributed by atoms with Crippen molar-refractivity contribution in [2.45, 2.75) is 45.8 Å². The molecule has 0 unspecified atom stereocenters. The van der Waals surface area contributed by atoms with Gasteiger partial charge in [0.1, 0.15) is 17.1 Å². The standard InChI is InChI=1S/C32H34N4O6/c1-18-12-23(31(38)39)13-19(2)24(18)15-26(33)30(37)36(17-21-10-11-28(42-4)25(14-21)32(40)41)20(3)29-34-16-27(35-29)22-8-6-5-7-9-22/h5-14,16,20,26H,15,17,33H2,1-4H3,(H,34,35)(H,38,39)(H,40,41)/t20-,26-/m0/s1. The number of carbonyl (C=O) groups is 3. The third-order valence-corrected chi connectivity index (χ3v) is 7.34. The molecule has 10 heteroatoms. The Bertz CT molecular complexity index is 1590. The minimum absolute atomic E-state index is 0.0199. The predicted octanol–water partition coefficient (Wildman–Crippen LogP) is 4.76. The average molecular weight is 571 g/mol. The Morgan fingerprint density at radius 1 is 1.00 bits per heavy atom. The molecule has 0 aliphatic rings. The number of aromatic carboxylic acids is 2. The number of benzene rings is 3. The number of methoxy groups -OCH3 is 1. The van der Waals surface area contributed by atoms with Gasteiger partial charge in [-0.05, 0) is 73.7 Å². The molecule has 0 saturated carbocycles. The van der Waals surface area contributed by atoms with Crippen molar-refractivity contribution >= 4 is 17.8 Å². The van der Waals surface area contributed by atoms with Crippen molar-refractivity contribution < 1.29 is 29.3 Å². The average Bonchev–Trinajstić information content (AvgIpc) is 3.47. The van der Waals surface area contributed by atoms with Crippen LogP contribution >= 0.6 is 0 Å². The highest BCUT2D eigenvalue weighted by Gasteiger charge is 2.29. The fraction of sp³-hybridized carbons (Fsp3) is 0.250. The van der Waals surface area contributed by atoms with Gasteiger partial charge in [-0.1, -0.05) is 36.4 Å². The van der Waals surface area contributed by atoms with Crippen LogP contribution in [0.4, 0.5) is 0 Å². The number of nitrogens with zero attached hydrogens (tertiary/aromatic N) is 2. The molecule has 0 aliphatic heterocycles. The number of carbonyl (C=O) groups excluding carboxylic acids is 1. The number of hydrogen-bond acceptors (Lipinski definition) is 6. The fourth-order valence-electron chi connectivity index (χ4n) is 5.04. The van der Waals surface area contributed by atoms with Crippen LogP contribution in [-0.4, -0.2) is 56.1 Å². The van der Waals surface area contributed by atoms with Gasteiger partial charge in [0.15, 0.2) is 0 Å². The third kappa shape index (κ3) is 6.50. The molecule has 5 N–H and O–H groups in total. The van der Waals surface area contributed by atoms with Gasteiger partial charge in [-0.2, -0.15) is 0 Å². The Morgan fingerprint density at radius 2 is 1.67 bits per heavy atom. The molecule has 0 spiro atoms. The summed E-state index contributed by atoms with van der Waals surface area (Å²) in [4.78, 5) is 46.8. The Kier molecular flexibility index (Phi) is 9.07. The van der Waals surface area contributed by atoms with E-state index < -0.39 is 24.0 Å². The predicted molar refractivity (Wildman–Crippen MR) is 157 cm³/mol. The van der Waals surface area contributed by atoms with Crippen LogP contribution < -0.4 is 10.5 Å². The summed E-state index contributed by atoms with van der Waals surface area (Å²) in [6, 6.07) is 16.0. The summed E-state index contributed by atoms with van der Waals surface area (Å²) in [5.74, 6) is -1.79. The number of aromatic nitrogens is 2. The first kappa shape index (κ1) is 30.0. The van der Waals surface area contributed by atoms with E-state index in [4.69, 9.17) is 15.5 Å². The minimum Gasteiger partial charge on any atom is -0.496 e. The maximum Gasteiger partial charge on any atom is 0.339 e. The molecule has 0 aliphatic carbocycles. The lowest BCUT2D eigenvalue weighted by Gasteiger charge is -2.31. The SMILES string of the molecule is COc1ccc(CN(C(=O)[C@@H](N)Cc2c(C)cc(C(=O)O)cc2C)[C@@H](C)c2nc(-c3ccccc3)c[nH]2)cc1C(=O)O. The van der Waals surface area contributed by atoms with Crippen LogP contribution in [0.25, 0.3) is 11.3 Å². The van der Waals surface area contributed by atoms with Crippen LogP contribution in [0.2, 0.25) is 0 Å². The highest BCUT2D eigenvalue weighted by atomic mass is 16.5. The molecule has 2 atom stereocenters. The van der Waals surface area contributed by atoms with Gasteiger partial charge in [0, 0.05) is 18.3 Å². The number of rotatable bonds is 11. The van der Waals surface area contributed by atoms with Gasteiger partial charge < -0.3 is 30.6 Å². The topological polar surface area (TPSA) is 159 Å². The number of carboxylic acids is 2. The zero-order valence-electron chi connectivity index (χ0n) is 23.9. The van der Waals surface area contributed by atoms with Crippen molar-refractivity contribution in [3.63, 3.8) is 0 Å². The molecule has 0 saturated heterocycles. The maximum atomic E-state index is 14.0. The second kappa shape index (κ2) is 12.7. The summed E-state index contributed by atoms with van der Waals surface area (Å²) in [5.41, 5.74) is 11.2. The lowest BCUT2D eigenvalue weighted by atomic mass is 9.93. The van der Waals surface area contributed by atoms with E-state index in [0.717, 1.165) is 27.9 Å². The summed E-state index contributed by atoms with van der Waals surface area (Å²) in [6.45, 7) is 5.49. The molecule has 3 aromatic carbocycles. The first-order chi connectivity index (χ1) is 20.0. The second-order valence-corrected chi connectivity index (χ2v) is 10.2. The number of amides is 1. The van der Waals surface area contributed by atoms with E-state index in [1.165, 1.54) is 13.2 Å². The summed E-state index contributed by atoms with van der Waals surface area (Å²) in [6.07, 6.45) is 1.96. The summed E-state index contributed by atoms with van der Waals surface area (Å²) >= 11 is 0. The van der Waals surface area contributed by atoms with Gasteiger partial charge in [-0.3, -0.25) is 4.79 Å². The Balaban J connectivity index is 1.68. The Morgan fingerprint density at radius 3 is 2.26 bits per heavy atom. The van der Waals surface area contributed by atoms with Gasteiger partial charge in [0.2, 0.25) is 5.91 Å². The number of nitrogens with one attached hydrogen (secondary N) is 1. The lowest BCUT2D eigenvalue weighted by molar-refractivity contribution is -0.135. The monoisotopic (exact) mass is 570 g/mol. The van der Waals surface area contributed by atoms with Crippen LogP contribution in [-0.2, 0) is 17.8 Å². The molecule has 1 amide bonds. The van der Waals surface area contributed by atoms with Crippen LogP contribution in [0.3, 0.4) is 0 Å². The van der Waals surface area contributed by atoms with Crippen molar-refractivity contribution in [3.8, 4) is 17.0 Å². The third-order valence-electron chi connectivity index (χ3n) is 7.34. The van der Waals surface area contributed by atoms with Gasteiger partial charge in [0.05, 0.1) is 30.5 Å². The van der Waals surface area contributed by atoms with E-state index in [-0.39, 0.29) is 35.7 Å². The number of ether oxygens (including phenoxy) is 1. The second-order valence-electron chi connectivity index (χ2n) is 10.2. The minimum atomic E-state index is -1.15.